The maximum Gasteiger partial charge on any atom is 0.416 e. The molecule has 0 radical (unpaired) electrons. The van der Waals surface area contributed by atoms with Crippen LogP contribution < -0.4 is 0 Å². The zero-order valence-electron chi connectivity index (χ0n) is 8.12. The first-order chi connectivity index (χ1) is 7.39. The number of hydrogen-bond donors (Lipinski definition) is 1. The normalized spacial score (nSPS) is 11.4. The molecule has 0 amide bonds. The van der Waals surface area contributed by atoms with Crippen molar-refractivity contribution in [1.82, 2.24) is 0 Å². The number of carbonyl (C=O) groups is 1. The molecule has 0 heterocycles. The summed E-state index contributed by atoms with van der Waals surface area (Å²) in [6.07, 6.45) is -4.33. The van der Waals surface area contributed by atoms with E-state index in [1.165, 1.54) is 12.1 Å². The average molecular weight is 250 g/mol. The molecule has 0 unspecified atom stereocenters. The molecule has 0 spiro atoms. The van der Waals surface area contributed by atoms with E-state index in [0.29, 0.717) is 11.3 Å². The lowest BCUT2D eigenvalue weighted by Gasteiger charge is -2.07. The Hall–Kier alpha value is -1.17. The minimum Gasteiger partial charge on any atom is -0.481 e. The number of alkyl halides is 3. The minimum absolute atomic E-state index is 0.0545. The van der Waals surface area contributed by atoms with Crippen LogP contribution in [0.5, 0.6) is 0 Å². The molecule has 0 saturated carbocycles. The predicted octanol–water partition coefficient (Wildman–Crippen LogP) is 3.02. The van der Waals surface area contributed by atoms with Crippen molar-refractivity contribution >= 4 is 17.7 Å². The van der Waals surface area contributed by atoms with E-state index in [9.17, 15) is 18.0 Å². The summed E-state index contributed by atoms with van der Waals surface area (Å²) in [4.78, 5) is 10.2. The molecule has 88 valence electrons. The van der Waals surface area contributed by atoms with Gasteiger partial charge in [-0.2, -0.15) is 13.2 Å². The number of aliphatic carboxylic acids is 1. The largest absolute Gasteiger partial charge is 0.481 e. The van der Waals surface area contributed by atoms with E-state index in [2.05, 4.69) is 0 Å². The number of thioether (sulfide) groups is 1. The van der Waals surface area contributed by atoms with E-state index in [-0.39, 0.29) is 5.75 Å². The third kappa shape index (κ3) is 4.14. The van der Waals surface area contributed by atoms with Gasteiger partial charge in [-0.3, -0.25) is 4.79 Å². The number of hydrogen-bond acceptors (Lipinski definition) is 2. The fourth-order valence-electron chi connectivity index (χ4n) is 1.05. The molecule has 16 heavy (non-hydrogen) atoms. The summed E-state index contributed by atoms with van der Waals surface area (Å²) in [5.41, 5.74) is -0.0151. The molecule has 1 rings (SSSR count). The maximum atomic E-state index is 12.2. The lowest BCUT2D eigenvalue weighted by molar-refractivity contribution is -0.137. The quantitative estimate of drug-likeness (QED) is 0.892. The van der Waals surface area contributed by atoms with Gasteiger partial charge in [0.1, 0.15) is 0 Å². The van der Waals surface area contributed by atoms with E-state index in [1.807, 2.05) is 0 Å². The van der Waals surface area contributed by atoms with Crippen LogP contribution in [0.2, 0.25) is 0 Å². The van der Waals surface area contributed by atoms with Gasteiger partial charge in [0.2, 0.25) is 0 Å². The first-order valence-corrected chi connectivity index (χ1v) is 5.51. The van der Waals surface area contributed by atoms with Gasteiger partial charge in [-0.15, -0.1) is 11.8 Å². The summed E-state index contributed by atoms with van der Waals surface area (Å²) in [5.74, 6) is -0.595. The van der Waals surface area contributed by atoms with Gasteiger partial charge >= 0.3 is 12.1 Å². The van der Waals surface area contributed by atoms with Crippen molar-refractivity contribution in [3.8, 4) is 0 Å². The molecule has 0 atom stereocenters. The molecule has 0 fully saturated rings. The Morgan fingerprint density at radius 3 is 2.25 bits per heavy atom. The van der Waals surface area contributed by atoms with Crippen molar-refractivity contribution in [2.45, 2.75) is 11.9 Å². The van der Waals surface area contributed by atoms with Gasteiger partial charge in [-0.1, -0.05) is 12.1 Å². The molecule has 1 aromatic carbocycles. The molecule has 2 nitrogen and oxygen atoms in total. The third-order valence-electron chi connectivity index (χ3n) is 1.78. The zero-order chi connectivity index (χ0) is 12.2. The molecule has 0 aliphatic rings. The molecular formula is C10H9F3O2S. The molecule has 0 aliphatic carbocycles. The Morgan fingerprint density at radius 2 is 1.81 bits per heavy atom. The Kier molecular flexibility index (Phi) is 4.23. The second-order valence-corrected chi connectivity index (χ2v) is 4.07. The van der Waals surface area contributed by atoms with Crippen LogP contribution in [0.15, 0.2) is 24.3 Å². The summed E-state index contributed by atoms with van der Waals surface area (Å²) in [6, 6.07) is 4.71. The van der Waals surface area contributed by atoms with Crippen molar-refractivity contribution in [2.75, 3.05) is 5.75 Å². The van der Waals surface area contributed by atoms with Gasteiger partial charge in [-0.25, -0.2) is 0 Å². The summed E-state index contributed by atoms with van der Waals surface area (Å²) in [7, 11) is 0. The molecule has 6 heteroatoms. The van der Waals surface area contributed by atoms with Crippen molar-refractivity contribution in [1.29, 1.82) is 0 Å². The van der Waals surface area contributed by atoms with E-state index in [1.54, 1.807) is 0 Å². The van der Waals surface area contributed by atoms with Crippen molar-refractivity contribution < 1.29 is 23.1 Å². The minimum atomic E-state index is -4.33. The van der Waals surface area contributed by atoms with E-state index < -0.39 is 17.7 Å². The fourth-order valence-corrected chi connectivity index (χ4v) is 1.75. The van der Waals surface area contributed by atoms with E-state index in [4.69, 9.17) is 5.11 Å². The van der Waals surface area contributed by atoms with Crippen LogP contribution in [0.25, 0.3) is 0 Å². The Balaban J connectivity index is 2.55. The summed E-state index contributed by atoms with van der Waals surface area (Å²) < 4.78 is 36.6. The zero-order valence-corrected chi connectivity index (χ0v) is 8.94. The summed E-state index contributed by atoms with van der Waals surface area (Å²) >= 11 is 1.15. The van der Waals surface area contributed by atoms with Gasteiger partial charge in [-0.05, 0) is 17.7 Å². The molecule has 0 saturated heterocycles. The summed E-state index contributed by atoms with van der Waals surface area (Å²) in [5, 5.41) is 8.37. The monoisotopic (exact) mass is 250 g/mol. The highest BCUT2D eigenvalue weighted by molar-refractivity contribution is 7.99. The fraction of sp³-hybridized carbons (Fsp3) is 0.300. The smallest absolute Gasteiger partial charge is 0.416 e. The molecule has 0 bridgehead atoms. The van der Waals surface area contributed by atoms with Crippen LogP contribution in [0, 0.1) is 0 Å². The van der Waals surface area contributed by atoms with Crippen LogP contribution >= 0.6 is 11.8 Å². The first-order valence-electron chi connectivity index (χ1n) is 4.35. The SMILES string of the molecule is O=C(O)CSCc1ccc(C(F)(F)F)cc1. The van der Waals surface area contributed by atoms with Gasteiger partial charge in [0.15, 0.2) is 0 Å². The number of benzene rings is 1. The topological polar surface area (TPSA) is 37.3 Å². The predicted molar refractivity (Wildman–Crippen MR) is 55.2 cm³/mol. The second-order valence-electron chi connectivity index (χ2n) is 3.08. The third-order valence-corrected chi connectivity index (χ3v) is 2.76. The van der Waals surface area contributed by atoms with Gasteiger partial charge in [0, 0.05) is 5.75 Å². The highest BCUT2D eigenvalue weighted by Crippen LogP contribution is 2.29. The lowest BCUT2D eigenvalue weighted by atomic mass is 10.1. The maximum absolute atomic E-state index is 12.2. The molecule has 1 N–H and O–H groups in total. The summed E-state index contributed by atoms with van der Waals surface area (Å²) in [6.45, 7) is 0. The number of rotatable bonds is 4. The Bertz CT molecular complexity index is 359. The van der Waals surface area contributed by atoms with Gasteiger partial charge < -0.3 is 5.11 Å². The second kappa shape index (κ2) is 5.25. The van der Waals surface area contributed by atoms with E-state index in [0.717, 1.165) is 23.9 Å². The highest BCUT2D eigenvalue weighted by atomic mass is 32.2. The molecule has 1 aromatic rings. The number of halogens is 3. The van der Waals surface area contributed by atoms with E-state index >= 15 is 0 Å². The molecule has 0 aromatic heterocycles. The van der Waals surface area contributed by atoms with Gasteiger partial charge in [0.05, 0.1) is 11.3 Å². The lowest BCUT2D eigenvalue weighted by Crippen LogP contribution is -2.04. The van der Waals surface area contributed by atoms with Crippen molar-refractivity contribution in [3.05, 3.63) is 35.4 Å². The Morgan fingerprint density at radius 1 is 1.25 bits per heavy atom. The first kappa shape index (κ1) is 12.9. The van der Waals surface area contributed by atoms with Crippen LogP contribution in [-0.4, -0.2) is 16.8 Å². The van der Waals surface area contributed by atoms with Gasteiger partial charge in [0.25, 0.3) is 0 Å². The van der Waals surface area contributed by atoms with Crippen molar-refractivity contribution in [2.24, 2.45) is 0 Å². The molecular weight excluding hydrogens is 241 g/mol. The number of carboxylic acid groups (broad SMARTS) is 1. The number of carboxylic acids is 1. The Labute approximate surface area is 94.5 Å². The van der Waals surface area contributed by atoms with Crippen LogP contribution in [0.3, 0.4) is 0 Å². The van der Waals surface area contributed by atoms with Crippen molar-refractivity contribution in [3.63, 3.8) is 0 Å². The average Bonchev–Trinajstić information content (AvgIpc) is 2.16. The standard InChI is InChI=1S/C10H9F3O2S/c11-10(12,13)8-3-1-7(2-4-8)5-16-6-9(14)15/h1-4H,5-6H2,(H,14,15). The van der Waals surface area contributed by atoms with Crippen LogP contribution in [0.4, 0.5) is 13.2 Å². The highest BCUT2D eigenvalue weighted by Gasteiger charge is 2.29. The molecule has 0 aliphatic heterocycles. The van der Waals surface area contributed by atoms with Crippen LogP contribution in [-0.2, 0) is 16.7 Å². The van der Waals surface area contributed by atoms with Crippen LogP contribution in [0.1, 0.15) is 11.1 Å².